The van der Waals surface area contributed by atoms with Crippen LogP contribution < -0.4 is 5.32 Å². The third kappa shape index (κ3) is 2.12. The van der Waals surface area contributed by atoms with E-state index in [4.69, 9.17) is 0 Å². The zero-order valence-electron chi connectivity index (χ0n) is 7.25. The molecule has 0 aliphatic carbocycles. The first kappa shape index (κ1) is 8.91. The van der Waals surface area contributed by atoms with Crippen LogP contribution in [0.1, 0.15) is 27.2 Å². The van der Waals surface area contributed by atoms with E-state index in [1.54, 1.807) is 0 Å². The molecule has 0 bridgehead atoms. The molecular formula is C8H15F2N. The van der Waals surface area contributed by atoms with Crippen molar-refractivity contribution in [1.82, 2.24) is 5.32 Å². The molecule has 1 heterocycles. The molecule has 1 fully saturated rings. The molecule has 1 aliphatic rings. The van der Waals surface area contributed by atoms with Crippen molar-refractivity contribution >= 4 is 0 Å². The molecule has 0 aromatic heterocycles. The molecule has 0 spiro atoms. The van der Waals surface area contributed by atoms with Crippen LogP contribution in [0.2, 0.25) is 0 Å². The predicted molar refractivity (Wildman–Crippen MR) is 40.8 cm³/mol. The average Bonchev–Trinajstić information content (AvgIpc) is 2.07. The normalized spacial score (nSPS) is 30.8. The van der Waals surface area contributed by atoms with Crippen molar-refractivity contribution in [2.24, 2.45) is 5.41 Å². The van der Waals surface area contributed by atoms with Crippen LogP contribution in [-0.2, 0) is 0 Å². The fourth-order valence-corrected chi connectivity index (χ4v) is 1.33. The van der Waals surface area contributed by atoms with Gasteiger partial charge in [-0.3, -0.25) is 0 Å². The van der Waals surface area contributed by atoms with E-state index in [9.17, 15) is 8.78 Å². The Balaban J connectivity index is 2.55. The van der Waals surface area contributed by atoms with Gasteiger partial charge in [0.05, 0.1) is 6.54 Å². The van der Waals surface area contributed by atoms with E-state index < -0.39 is 5.92 Å². The Morgan fingerprint density at radius 2 is 1.91 bits per heavy atom. The summed E-state index contributed by atoms with van der Waals surface area (Å²) in [5.74, 6) is -2.49. The first-order chi connectivity index (χ1) is 4.81. The van der Waals surface area contributed by atoms with E-state index in [0.717, 1.165) is 0 Å². The largest absolute Gasteiger partial charge is 0.308 e. The smallest absolute Gasteiger partial charge is 0.261 e. The fourth-order valence-electron chi connectivity index (χ4n) is 1.33. The molecule has 1 N–H and O–H groups in total. The zero-order valence-corrected chi connectivity index (χ0v) is 7.25. The van der Waals surface area contributed by atoms with Crippen molar-refractivity contribution in [3.8, 4) is 0 Å². The monoisotopic (exact) mass is 163 g/mol. The third-order valence-corrected chi connectivity index (χ3v) is 2.16. The summed E-state index contributed by atoms with van der Waals surface area (Å²) in [6.07, 6.45) is -0.0174. The molecule has 1 saturated heterocycles. The lowest BCUT2D eigenvalue weighted by atomic mass is 9.85. The summed E-state index contributed by atoms with van der Waals surface area (Å²) in [5, 5.41) is 2.84. The summed E-state index contributed by atoms with van der Waals surface area (Å²) in [6, 6.07) is -0.0440. The van der Waals surface area contributed by atoms with Crippen molar-refractivity contribution in [3.63, 3.8) is 0 Å². The lowest BCUT2D eigenvalue weighted by molar-refractivity contribution is 0.0172. The Bertz CT molecular complexity index is 149. The van der Waals surface area contributed by atoms with Gasteiger partial charge in [-0.25, -0.2) is 8.78 Å². The Kier molecular flexibility index (Phi) is 1.95. The molecule has 0 aromatic carbocycles. The molecule has 1 nitrogen and oxygen atoms in total. The topological polar surface area (TPSA) is 12.0 Å². The molecular weight excluding hydrogens is 148 g/mol. The summed E-state index contributed by atoms with van der Waals surface area (Å²) >= 11 is 0. The van der Waals surface area contributed by atoms with Gasteiger partial charge in [0.1, 0.15) is 0 Å². The molecule has 0 amide bonds. The van der Waals surface area contributed by atoms with Crippen LogP contribution in [0.5, 0.6) is 0 Å². The summed E-state index contributed by atoms with van der Waals surface area (Å²) in [4.78, 5) is 0. The summed E-state index contributed by atoms with van der Waals surface area (Å²) in [5.41, 5.74) is -0.0556. The van der Waals surface area contributed by atoms with Crippen LogP contribution in [0.25, 0.3) is 0 Å². The van der Waals surface area contributed by atoms with E-state index >= 15 is 0 Å². The van der Waals surface area contributed by atoms with Gasteiger partial charge in [0.25, 0.3) is 5.92 Å². The van der Waals surface area contributed by atoms with Gasteiger partial charge >= 0.3 is 0 Å². The van der Waals surface area contributed by atoms with Crippen LogP contribution in [-0.4, -0.2) is 18.5 Å². The molecule has 11 heavy (non-hydrogen) atoms. The Labute approximate surface area is 66.2 Å². The highest BCUT2D eigenvalue weighted by Gasteiger charge is 2.43. The van der Waals surface area contributed by atoms with E-state index in [-0.39, 0.29) is 24.4 Å². The molecule has 1 unspecified atom stereocenters. The minimum absolute atomic E-state index is 0.0174. The van der Waals surface area contributed by atoms with Crippen molar-refractivity contribution in [2.75, 3.05) is 6.54 Å². The number of alkyl halides is 2. The van der Waals surface area contributed by atoms with Gasteiger partial charge in [0.15, 0.2) is 0 Å². The second-order valence-corrected chi connectivity index (χ2v) is 4.36. The number of nitrogens with one attached hydrogen (secondary N) is 1. The van der Waals surface area contributed by atoms with E-state index in [2.05, 4.69) is 5.32 Å². The zero-order chi connectivity index (χ0) is 8.70. The lowest BCUT2D eigenvalue weighted by Gasteiger charge is -2.26. The minimum Gasteiger partial charge on any atom is -0.308 e. The Morgan fingerprint density at radius 3 is 2.09 bits per heavy atom. The fraction of sp³-hybridized carbons (Fsp3) is 1.00. The molecule has 66 valence electrons. The SMILES string of the molecule is CC(C)(C)C1CC(F)(F)CN1. The molecule has 3 heteroatoms. The second-order valence-electron chi connectivity index (χ2n) is 4.36. The maximum atomic E-state index is 12.7. The van der Waals surface area contributed by atoms with Crippen LogP contribution >= 0.6 is 0 Å². The van der Waals surface area contributed by atoms with Crippen LogP contribution in [0.15, 0.2) is 0 Å². The highest BCUT2D eigenvalue weighted by molar-refractivity contribution is 4.93. The lowest BCUT2D eigenvalue weighted by Crippen LogP contribution is -2.34. The van der Waals surface area contributed by atoms with Crippen LogP contribution in [0.3, 0.4) is 0 Å². The second kappa shape index (κ2) is 2.41. The number of halogens is 2. The van der Waals surface area contributed by atoms with Crippen molar-refractivity contribution < 1.29 is 8.78 Å². The number of rotatable bonds is 0. The standard InChI is InChI=1S/C8H15F2N/c1-7(2,3)6-4-8(9,10)5-11-6/h6,11H,4-5H2,1-3H3. The third-order valence-electron chi connectivity index (χ3n) is 2.16. The van der Waals surface area contributed by atoms with E-state index in [1.165, 1.54) is 0 Å². The Morgan fingerprint density at radius 1 is 1.36 bits per heavy atom. The summed E-state index contributed by atoms with van der Waals surface area (Å²) in [7, 11) is 0. The highest BCUT2D eigenvalue weighted by Crippen LogP contribution is 2.33. The predicted octanol–water partition coefficient (Wildman–Crippen LogP) is 2.03. The molecule has 1 rings (SSSR count). The summed E-state index contributed by atoms with van der Waals surface area (Å²) in [6.45, 7) is 5.78. The molecule has 0 aromatic rings. The average molecular weight is 163 g/mol. The minimum atomic E-state index is -2.49. The van der Waals surface area contributed by atoms with Crippen molar-refractivity contribution in [2.45, 2.75) is 39.2 Å². The quantitative estimate of drug-likeness (QED) is 0.576. The van der Waals surface area contributed by atoms with Gasteiger partial charge < -0.3 is 5.32 Å². The van der Waals surface area contributed by atoms with Gasteiger partial charge in [-0.05, 0) is 5.41 Å². The number of hydrogen-bond acceptors (Lipinski definition) is 1. The molecule has 0 radical (unpaired) electrons. The summed E-state index contributed by atoms with van der Waals surface area (Å²) < 4.78 is 25.3. The van der Waals surface area contributed by atoms with Gasteiger partial charge in [-0.1, -0.05) is 20.8 Å². The van der Waals surface area contributed by atoms with Crippen LogP contribution in [0.4, 0.5) is 8.78 Å². The van der Waals surface area contributed by atoms with Gasteiger partial charge in [-0.2, -0.15) is 0 Å². The van der Waals surface area contributed by atoms with Gasteiger partial charge in [-0.15, -0.1) is 0 Å². The highest BCUT2D eigenvalue weighted by atomic mass is 19.3. The molecule has 1 atom stereocenters. The van der Waals surface area contributed by atoms with Gasteiger partial charge in [0, 0.05) is 12.5 Å². The maximum Gasteiger partial charge on any atom is 0.261 e. The number of hydrogen-bond donors (Lipinski definition) is 1. The maximum absolute atomic E-state index is 12.7. The van der Waals surface area contributed by atoms with E-state index in [1.807, 2.05) is 20.8 Å². The van der Waals surface area contributed by atoms with Crippen LogP contribution in [0, 0.1) is 5.41 Å². The molecule has 1 aliphatic heterocycles. The first-order valence-corrected chi connectivity index (χ1v) is 3.92. The molecule has 0 saturated carbocycles. The van der Waals surface area contributed by atoms with Crippen molar-refractivity contribution in [3.05, 3.63) is 0 Å². The van der Waals surface area contributed by atoms with Crippen molar-refractivity contribution in [1.29, 1.82) is 0 Å². The van der Waals surface area contributed by atoms with Gasteiger partial charge in [0.2, 0.25) is 0 Å². The first-order valence-electron chi connectivity index (χ1n) is 3.92. The Hall–Kier alpha value is -0.180. The van der Waals surface area contributed by atoms with E-state index in [0.29, 0.717) is 0 Å².